The van der Waals surface area contributed by atoms with Crippen LogP contribution in [0.4, 0.5) is 5.13 Å². The number of anilines is 1. The van der Waals surface area contributed by atoms with E-state index in [9.17, 15) is 4.79 Å². The number of halogens is 1. The van der Waals surface area contributed by atoms with E-state index in [1.165, 1.54) is 24.2 Å². The highest BCUT2D eigenvalue weighted by molar-refractivity contribution is 7.14. The van der Waals surface area contributed by atoms with Gasteiger partial charge in [0.05, 0.1) is 5.88 Å². The van der Waals surface area contributed by atoms with Crippen LogP contribution in [0.1, 0.15) is 23.3 Å². The van der Waals surface area contributed by atoms with Crippen LogP contribution in [0, 0.1) is 5.92 Å². The van der Waals surface area contributed by atoms with Crippen molar-refractivity contribution in [1.82, 2.24) is 9.88 Å². The van der Waals surface area contributed by atoms with Gasteiger partial charge in [0.1, 0.15) is 5.69 Å². The molecule has 1 aromatic rings. The van der Waals surface area contributed by atoms with Crippen molar-refractivity contribution in [1.29, 1.82) is 0 Å². The smallest absolute Gasteiger partial charge is 0.196 e. The minimum Gasteiger partial charge on any atom is -0.348 e. The third-order valence-corrected chi connectivity index (χ3v) is 4.55. The largest absolute Gasteiger partial charge is 0.348 e. The number of rotatable bonds is 5. The van der Waals surface area contributed by atoms with Gasteiger partial charge < -0.3 is 9.80 Å². The molecule has 19 heavy (non-hydrogen) atoms. The van der Waals surface area contributed by atoms with Gasteiger partial charge in [-0.15, -0.1) is 22.9 Å². The quantitative estimate of drug-likeness (QED) is 0.618. The average molecular weight is 302 g/mol. The fraction of sp³-hybridized carbons (Fsp3) is 0.692. The number of hydrogen-bond donors (Lipinski definition) is 0. The van der Waals surface area contributed by atoms with Crippen molar-refractivity contribution in [2.75, 3.05) is 44.5 Å². The SMILES string of the molecule is CN(C)CC1CCN(c2nc(C(=O)CCl)cs2)CC1. The first-order valence-corrected chi connectivity index (χ1v) is 7.96. The number of carbonyl (C=O) groups is 1. The van der Waals surface area contributed by atoms with Crippen LogP contribution in [0.5, 0.6) is 0 Å². The van der Waals surface area contributed by atoms with Crippen molar-refractivity contribution >= 4 is 33.9 Å². The van der Waals surface area contributed by atoms with E-state index < -0.39 is 0 Å². The van der Waals surface area contributed by atoms with E-state index in [2.05, 4.69) is 28.9 Å². The van der Waals surface area contributed by atoms with E-state index in [1.807, 2.05) is 5.38 Å². The van der Waals surface area contributed by atoms with Crippen LogP contribution in [0.2, 0.25) is 0 Å². The predicted molar refractivity (Wildman–Crippen MR) is 80.7 cm³/mol. The Labute approximate surface area is 123 Å². The number of Topliss-reactive ketones (excluding diaryl/α,β-unsaturated/α-hetero) is 1. The maximum Gasteiger partial charge on any atom is 0.196 e. The lowest BCUT2D eigenvalue weighted by molar-refractivity contribution is 0.101. The lowest BCUT2D eigenvalue weighted by atomic mass is 9.97. The molecule has 1 aromatic heterocycles. The van der Waals surface area contributed by atoms with E-state index in [0.717, 1.165) is 30.7 Å². The Morgan fingerprint density at radius 3 is 2.79 bits per heavy atom. The van der Waals surface area contributed by atoms with Crippen molar-refractivity contribution in [3.05, 3.63) is 11.1 Å². The number of aromatic nitrogens is 1. The van der Waals surface area contributed by atoms with Crippen LogP contribution in [0.3, 0.4) is 0 Å². The summed E-state index contributed by atoms with van der Waals surface area (Å²) in [6.07, 6.45) is 2.38. The van der Waals surface area contributed by atoms with Crippen molar-refractivity contribution in [3.8, 4) is 0 Å². The van der Waals surface area contributed by atoms with E-state index >= 15 is 0 Å². The van der Waals surface area contributed by atoms with Crippen molar-refractivity contribution < 1.29 is 4.79 Å². The summed E-state index contributed by atoms with van der Waals surface area (Å²) in [6.45, 7) is 3.21. The molecule has 0 N–H and O–H groups in total. The van der Waals surface area contributed by atoms with Gasteiger partial charge in [0.15, 0.2) is 10.9 Å². The highest BCUT2D eigenvalue weighted by Gasteiger charge is 2.22. The molecule has 2 rings (SSSR count). The lowest BCUT2D eigenvalue weighted by Gasteiger charge is -2.32. The molecule has 0 aromatic carbocycles. The first-order chi connectivity index (χ1) is 9.10. The molecular weight excluding hydrogens is 282 g/mol. The molecule has 0 atom stereocenters. The van der Waals surface area contributed by atoms with Gasteiger partial charge in [0.25, 0.3) is 0 Å². The number of carbonyl (C=O) groups excluding carboxylic acids is 1. The molecular formula is C13H20ClN3OS. The molecule has 1 aliphatic heterocycles. The monoisotopic (exact) mass is 301 g/mol. The average Bonchev–Trinajstić information content (AvgIpc) is 2.87. The summed E-state index contributed by atoms with van der Waals surface area (Å²) in [5.41, 5.74) is 0.505. The Kier molecular flexibility index (Phi) is 5.19. The van der Waals surface area contributed by atoms with Crippen LogP contribution in [0.25, 0.3) is 0 Å². The van der Waals surface area contributed by atoms with Crippen molar-refractivity contribution in [3.63, 3.8) is 0 Å². The maximum atomic E-state index is 11.5. The number of hydrogen-bond acceptors (Lipinski definition) is 5. The molecule has 1 saturated heterocycles. The van der Waals surface area contributed by atoms with Crippen LogP contribution >= 0.6 is 22.9 Å². The van der Waals surface area contributed by atoms with Crippen molar-refractivity contribution in [2.45, 2.75) is 12.8 Å². The van der Waals surface area contributed by atoms with Gasteiger partial charge >= 0.3 is 0 Å². The molecule has 0 unspecified atom stereocenters. The highest BCUT2D eigenvalue weighted by atomic mass is 35.5. The predicted octanol–water partition coefficient (Wildman–Crippen LogP) is 2.34. The molecule has 0 saturated carbocycles. The molecule has 2 heterocycles. The molecule has 4 nitrogen and oxygen atoms in total. The minimum absolute atomic E-state index is 0.00802. The zero-order chi connectivity index (χ0) is 13.8. The third-order valence-electron chi connectivity index (χ3n) is 3.41. The van der Waals surface area contributed by atoms with E-state index in [-0.39, 0.29) is 11.7 Å². The molecule has 0 amide bonds. The number of nitrogens with zero attached hydrogens (tertiary/aromatic N) is 3. The van der Waals surface area contributed by atoms with Gasteiger partial charge in [-0.3, -0.25) is 4.79 Å². The summed E-state index contributed by atoms with van der Waals surface area (Å²) in [4.78, 5) is 20.4. The van der Waals surface area contributed by atoms with Crippen LogP contribution < -0.4 is 4.90 Å². The Bertz CT molecular complexity index is 427. The fourth-order valence-corrected chi connectivity index (χ4v) is 3.45. The molecule has 0 spiro atoms. The topological polar surface area (TPSA) is 36.4 Å². The molecule has 1 fully saturated rings. The standard InChI is InChI=1S/C13H20ClN3OS/c1-16(2)8-10-3-5-17(6-4-10)13-15-11(9-19-13)12(18)7-14/h9-10H,3-8H2,1-2H3. The lowest BCUT2D eigenvalue weighted by Crippen LogP contribution is -2.37. The van der Waals surface area contributed by atoms with Gasteiger partial charge in [0, 0.05) is 25.0 Å². The molecule has 6 heteroatoms. The summed E-state index contributed by atoms with van der Waals surface area (Å²) >= 11 is 7.09. The first kappa shape index (κ1) is 14.8. The maximum absolute atomic E-state index is 11.5. The number of ketones is 1. The normalized spacial score (nSPS) is 17.2. The Balaban J connectivity index is 1.91. The zero-order valence-electron chi connectivity index (χ0n) is 11.4. The second-order valence-electron chi connectivity index (χ2n) is 5.26. The Morgan fingerprint density at radius 1 is 1.53 bits per heavy atom. The molecule has 0 radical (unpaired) electrons. The fourth-order valence-electron chi connectivity index (χ4n) is 2.43. The van der Waals surface area contributed by atoms with E-state index in [1.54, 1.807) is 0 Å². The minimum atomic E-state index is -0.0911. The molecule has 1 aliphatic rings. The van der Waals surface area contributed by atoms with Gasteiger partial charge in [0.2, 0.25) is 0 Å². The zero-order valence-corrected chi connectivity index (χ0v) is 13.0. The summed E-state index contributed by atoms with van der Waals surface area (Å²) in [6, 6.07) is 0. The second kappa shape index (κ2) is 6.68. The summed E-state index contributed by atoms with van der Waals surface area (Å²) in [5, 5.41) is 2.77. The number of piperidine rings is 1. The molecule has 0 bridgehead atoms. The summed E-state index contributed by atoms with van der Waals surface area (Å²) in [5.74, 6) is 0.690. The second-order valence-corrected chi connectivity index (χ2v) is 6.37. The first-order valence-electron chi connectivity index (χ1n) is 6.54. The van der Waals surface area contributed by atoms with Crippen LogP contribution in [-0.2, 0) is 0 Å². The molecule has 106 valence electrons. The number of alkyl halides is 1. The van der Waals surface area contributed by atoms with Crippen LogP contribution in [0.15, 0.2) is 5.38 Å². The number of thiazole rings is 1. The summed E-state index contributed by atoms with van der Waals surface area (Å²) in [7, 11) is 4.24. The highest BCUT2D eigenvalue weighted by Crippen LogP contribution is 2.26. The van der Waals surface area contributed by atoms with Gasteiger partial charge in [-0.1, -0.05) is 0 Å². The van der Waals surface area contributed by atoms with Crippen LogP contribution in [-0.4, -0.2) is 55.3 Å². The van der Waals surface area contributed by atoms with Crippen molar-refractivity contribution in [2.24, 2.45) is 5.92 Å². The molecule has 0 aliphatic carbocycles. The summed E-state index contributed by atoms with van der Waals surface area (Å²) < 4.78 is 0. The Hall–Kier alpha value is -0.650. The Morgan fingerprint density at radius 2 is 2.21 bits per heavy atom. The van der Waals surface area contributed by atoms with E-state index in [0.29, 0.717) is 5.69 Å². The van der Waals surface area contributed by atoms with Gasteiger partial charge in [-0.25, -0.2) is 4.98 Å². The van der Waals surface area contributed by atoms with E-state index in [4.69, 9.17) is 11.6 Å². The third kappa shape index (κ3) is 3.91. The van der Waals surface area contributed by atoms with Gasteiger partial charge in [-0.2, -0.15) is 0 Å². The van der Waals surface area contributed by atoms with Gasteiger partial charge in [-0.05, 0) is 32.9 Å².